The zero-order valence-corrected chi connectivity index (χ0v) is 10.6. The molecule has 94 valence electrons. The Morgan fingerprint density at radius 1 is 1.47 bits per heavy atom. The van der Waals surface area contributed by atoms with Gasteiger partial charge in [-0.05, 0) is 18.6 Å². The molecule has 7 heteroatoms. The quantitative estimate of drug-likeness (QED) is 0.781. The Bertz CT molecular complexity index is 498. The van der Waals surface area contributed by atoms with Crippen LogP contribution in [0.2, 0.25) is 0 Å². The van der Waals surface area contributed by atoms with Crippen molar-refractivity contribution in [2.75, 3.05) is 19.4 Å². The summed E-state index contributed by atoms with van der Waals surface area (Å²) in [6, 6.07) is 3.64. The van der Waals surface area contributed by atoms with E-state index in [4.69, 9.17) is 5.73 Å². The molecule has 1 aromatic rings. The van der Waals surface area contributed by atoms with Crippen LogP contribution < -0.4 is 11.1 Å². The van der Waals surface area contributed by atoms with E-state index >= 15 is 0 Å². The first-order valence-corrected chi connectivity index (χ1v) is 6.76. The maximum Gasteiger partial charge on any atom is 0.244 e. The Hall–Kier alpha value is -1.18. The van der Waals surface area contributed by atoms with Crippen LogP contribution >= 0.6 is 0 Å². The van der Waals surface area contributed by atoms with E-state index < -0.39 is 10.0 Å². The Balaban J connectivity index is 2.13. The summed E-state index contributed by atoms with van der Waals surface area (Å²) in [6.07, 6.45) is 2.28. The Morgan fingerprint density at radius 2 is 2.12 bits per heavy atom. The molecule has 2 atom stereocenters. The average Bonchev–Trinajstić information content (AvgIpc) is 2.95. The van der Waals surface area contributed by atoms with Crippen molar-refractivity contribution in [3.8, 4) is 0 Å². The van der Waals surface area contributed by atoms with E-state index in [2.05, 4.69) is 10.3 Å². The number of pyridine rings is 1. The van der Waals surface area contributed by atoms with Gasteiger partial charge in [0.05, 0.1) is 0 Å². The van der Waals surface area contributed by atoms with Crippen molar-refractivity contribution in [2.45, 2.75) is 23.4 Å². The molecule has 2 rings (SSSR count). The van der Waals surface area contributed by atoms with Gasteiger partial charge in [0, 0.05) is 32.4 Å². The van der Waals surface area contributed by atoms with E-state index in [0.717, 1.165) is 10.7 Å². The predicted molar refractivity (Wildman–Crippen MR) is 65.1 cm³/mol. The predicted octanol–water partition coefficient (Wildman–Crippen LogP) is -0.157. The molecule has 1 aromatic heterocycles. The minimum Gasteiger partial charge on any atom is -0.366 e. The van der Waals surface area contributed by atoms with Crippen LogP contribution in [-0.4, -0.2) is 43.9 Å². The van der Waals surface area contributed by atoms with Crippen LogP contribution in [0, 0.1) is 0 Å². The molecule has 0 radical (unpaired) electrons. The standard InChI is InChI=1S/C10H16N4O2S/c1-14(2)17(15,16)7-3-4-10(12-6-7)13-9-5-8(9)11/h3-4,6,8-9H,5,11H2,1-2H3,(H,12,13). The molecule has 2 unspecified atom stereocenters. The highest BCUT2D eigenvalue weighted by atomic mass is 32.2. The van der Waals surface area contributed by atoms with E-state index in [9.17, 15) is 8.42 Å². The topological polar surface area (TPSA) is 88.3 Å². The summed E-state index contributed by atoms with van der Waals surface area (Å²) in [6.45, 7) is 0. The first-order valence-electron chi connectivity index (χ1n) is 5.32. The minimum atomic E-state index is -3.40. The van der Waals surface area contributed by atoms with Crippen molar-refractivity contribution in [3.05, 3.63) is 18.3 Å². The van der Waals surface area contributed by atoms with Crippen molar-refractivity contribution < 1.29 is 8.42 Å². The summed E-state index contributed by atoms with van der Waals surface area (Å²) in [5.41, 5.74) is 5.66. The Kier molecular flexibility index (Phi) is 3.07. The van der Waals surface area contributed by atoms with Crippen LogP contribution in [0.5, 0.6) is 0 Å². The fourth-order valence-electron chi connectivity index (χ4n) is 1.40. The van der Waals surface area contributed by atoms with Gasteiger partial charge < -0.3 is 11.1 Å². The summed E-state index contributed by atoms with van der Waals surface area (Å²) in [5, 5.41) is 3.13. The van der Waals surface area contributed by atoms with Crippen molar-refractivity contribution in [3.63, 3.8) is 0 Å². The Labute approximate surface area is 101 Å². The summed E-state index contributed by atoms with van der Waals surface area (Å²) < 4.78 is 24.7. The van der Waals surface area contributed by atoms with Crippen molar-refractivity contribution in [1.82, 2.24) is 9.29 Å². The lowest BCUT2D eigenvalue weighted by Gasteiger charge is -2.11. The Morgan fingerprint density at radius 3 is 2.53 bits per heavy atom. The number of rotatable bonds is 4. The van der Waals surface area contributed by atoms with Crippen molar-refractivity contribution >= 4 is 15.8 Å². The zero-order chi connectivity index (χ0) is 12.6. The molecule has 0 aliphatic heterocycles. The highest BCUT2D eigenvalue weighted by Crippen LogP contribution is 2.23. The highest BCUT2D eigenvalue weighted by molar-refractivity contribution is 7.89. The van der Waals surface area contributed by atoms with Gasteiger partial charge >= 0.3 is 0 Å². The first kappa shape index (κ1) is 12.3. The van der Waals surface area contributed by atoms with E-state index in [1.54, 1.807) is 12.1 Å². The monoisotopic (exact) mass is 256 g/mol. The highest BCUT2D eigenvalue weighted by Gasteiger charge is 2.33. The number of sulfonamides is 1. The maximum absolute atomic E-state index is 11.8. The molecule has 1 aliphatic carbocycles. The molecular formula is C10H16N4O2S. The maximum atomic E-state index is 11.8. The zero-order valence-electron chi connectivity index (χ0n) is 9.79. The molecular weight excluding hydrogens is 240 g/mol. The molecule has 1 saturated carbocycles. The summed E-state index contributed by atoms with van der Waals surface area (Å²) >= 11 is 0. The lowest BCUT2D eigenvalue weighted by molar-refractivity contribution is 0.520. The third kappa shape index (κ3) is 2.56. The van der Waals surface area contributed by atoms with Gasteiger partial charge in [-0.1, -0.05) is 0 Å². The fourth-order valence-corrected chi connectivity index (χ4v) is 2.25. The number of hydrogen-bond donors (Lipinski definition) is 2. The lowest BCUT2D eigenvalue weighted by Crippen LogP contribution is -2.22. The van der Waals surface area contributed by atoms with Crippen molar-refractivity contribution in [2.24, 2.45) is 5.73 Å². The molecule has 0 amide bonds. The number of anilines is 1. The molecule has 1 fully saturated rings. The van der Waals surface area contributed by atoms with Gasteiger partial charge in [-0.3, -0.25) is 0 Å². The molecule has 6 nitrogen and oxygen atoms in total. The van der Waals surface area contributed by atoms with E-state index in [1.165, 1.54) is 20.3 Å². The molecule has 17 heavy (non-hydrogen) atoms. The third-order valence-electron chi connectivity index (χ3n) is 2.69. The van der Waals surface area contributed by atoms with Gasteiger partial charge in [-0.25, -0.2) is 17.7 Å². The second kappa shape index (κ2) is 4.25. The fraction of sp³-hybridized carbons (Fsp3) is 0.500. The average molecular weight is 256 g/mol. The molecule has 1 aliphatic rings. The molecule has 0 saturated heterocycles. The van der Waals surface area contributed by atoms with Gasteiger partial charge in [-0.15, -0.1) is 0 Å². The summed E-state index contributed by atoms with van der Waals surface area (Å²) in [5.74, 6) is 0.653. The minimum absolute atomic E-state index is 0.182. The van der Waals surface area contributed by atoms with Gasteiger partial charge in [-0.2, -0.15) is 0 Å². The van der Waals surface area contributed by atoms with Crippen LogP contribution in [0.3, 0.4) is 0 Å². The van der Waals surface area contributed by atoms with E-state index in [1.807, 2.05) is 0 Å². The van der Waals surface area contributed by atoms with Gasteiger partial charge in [0.2, 0.25) is 10.0 Å². The number of nitrogens with two attached hydrogens (primary N) is 1. The van der Waals surface area contributed by atoms with Gasteiger partial charge in [0.15, 0.2) is 0 Å². The number of aromatic nitrogens is 1. The van der Waals surface area contributed by atoms with Gasteiger partial charge in [0.1, 0.15) is 10.7 Å². The normalized spacial score (nSPS) is 23.8. The first-order chi connectivity index (χ1) is 7.91. The second-order valence-corrected chi connectivity index (χ2v) is 6.47. The molecule has 0 spiro atoms. The van der Waals surface area contributed by atoms with Crippen LogP contribution in [0.15, 0.2) is 23.2 Å². The molecule has 0 bridgehead atoms. The molecule has 3 N–H and O–H groups in total. The van der Waals surface area contributed by atoms with E-state index in [0.29, 0.717) is 5.82 Å². The van der Waals surface area contributed by atoms with Crippen LogP contribution in [-0.2, 0) is 10.0 Å². The molecule has 1 heterocycles. The van der Waals surface area contributed by atoms with Crippen LogP contribution in [0.25, 0.3) is 0 Å². The molecule has 0 aromatic carbocycles. The van der Waals surface area contributed by atoms with E-state index in [-0.39, 0.29) is 17.0 Å². The SMILES string of the molecule is CN(C)S(=O)(=O)c1ccc(NC2CC2N)nc1. The summed E-state index contributed by atoms with van der Waals surface area (Å²) in [4.78, 5) is 4.26. The van der Waals surface area contributed by atoms with Crippen LogP contribution in [0.4, 0.5) is 5.82 Å². The van der Waals surface area contributed by atoms with Gasteiger partial charge in [0.25, 0.3) is 0 Å². The third-order valence-corrected chi connectivity index (χ3v) is 4.49. The second-order valence-electron chi connectivity index (χ2n) is 4.32. The lowest BCUT2D eigenvalue weighted by atomic mass is 10.4. The summed E-state index contributed by atoms with van der Waals surface area (Å²) in [7, 11) is -0.417. The smallest absolute Gasteiger partial charge is 0.244 e. The van der Waals surface area contributed by atoms with Crippen molar-refractivity contribution in [1.29, 1.82) is 0 Å². The number of nitrogens with one attached hydrogen (secondary N) is 1. The number of hydrogen-bond acceptors (Lipinski definition) is 5. The largest absolute Gasteiger partial charge is 0.366 e. The van der Waals surface area contributed by atoms with Crippen LogP contribution in [0.1, 0.15) is 6.42 Å². The number of nitrogens with zero attached hydrogens (tertiary/aromatic N) is 2.